The van der Waals surface area contributed by atoms with Crippen LogP contribution in [0.5, 0.6) is 0 Å². The molecule has 16 heavy (non-hydrogen) atoms. The van der Waals surface area contributed by atoms with Crippen molar-refractivity contribution in [1.29, 1.82) is 0 Å². The lowest BCUT2D eigenvalue weighted by atomic mass is 10.2. The Kier molecular flexibility index (Phi) is 4.49. The number of nitrogens with zero attached hydrogens (tertiary/aromatic N) is 2. The van der Waals surface area contributed by atoms with Gasteiger partial charge in [0.25, 0.3) is 0 Å². The van der Waals surface area contributed by atoms with Gasteiger partial charge in [-0.1, -0.05) is 5.16 Å². The van der Waals surface area contributed by atoms with Gasteiger partial charge < -0.3 is 9.63 Å². The molecule has 1 rings (SSSR count). The first-order valence-corrected chi connectivity index (χ1v) is 5.37. The number of hydrogen-bond acceptors (Lipinski definition) is 4. The number of carboxylic acids is 1. The maximum Gasteiger partial charge on any atom is 0.304 e. The summed E-state index contributed by atoms with van der Waals surface area (Å²) in [5.74, 6) is -0.00371. The molecule has 1 N–H and O–H groups in total. The van der Waals surface area contributed by atoms with Gasteiger partial charge in [0.2, 0.25) is 0 Å². The summed E-state index contributed by atoms with van der Waals surface area (Å²) in [5, 5.41) is 12.5. The van der Waals surface area contributed by atoms with E-state index in [9.17, 15) is 4.79 Å². The minimum absolute atomic E-state index is 0.144. The van der Waals surface area contributed by atoms with Gasteiger partial charge in [0, 0.05) is 18.7 Å². The monoisotopic (exact) mass is 226 g/mol. The lowest BCUT2D eigenvalue weighted by Crippen LogP contribution is -2.32. The van der Waals surface area contributed by atoms with E-state index in [2.05, 4.69) is 5.16 Å². The van der Waals surface area contributed by atoms with Crippen LogP contribution in [0.3, 0.4) is 0 Å². The molecule has 1 aromatic rings. The van der Waals surface area contributed by atoms with E-state index >= 15 is 0 Å². The molecule has 0 radical (unpaired) electrons. The van der Waals surface area contributed by atoms with E-state index < -0.39 is 5.97 Å². The van der Waals surface area contributed by atoms with Crippen LogP contribution < -0.4 is 0 Å². The third kappa shape index (κ3) is 4.02. The molecule has 1 heterocycles. The summed E-state index contributed by atoms with van der Waals surface area (Å²) in [6.07, 6.45) is 0.144. The molecular weight excluding hydrogens is 208 g/mol. The fourth-order valence-electron chi connectivity index (χ4n) is 1.45. The molecule has 0 unspecified atom stereocenters. The van der Waals surface area contributed by atoms with Crippen LogP contribution >= 0.6 is 0 Å². The van der Waals surface area contributed by atoms with Crippen molar-refractivity contribution in [3.05, 3.63) is 17.5 Å². The zero-order valence-electron chi connectivity index (χ0n) is 9.93. The van der Waals surface area contributed by atoms with E-state index in [1.165, 1.54) is 0 Å². The summed E-state index contributed by atoms with van der Waals surface area (Å²) in [4.78, 5) is 12.6. The molecule has 0 atom stereocenters. The van der Waals surface area contributed by atoms with Crippen LogP contribution in [0, 0.1) is 6.92 Å². The van der Waals surface area contributed by atoms with Gasteiger partial charge in [-0.2, -0.15) is 0 Å². The van der Waals surface area contributed by atoms with Crippen molar-refractivity contribution in [2.24, 2.45) is 0 Å². The molecule has 0 fully saturated rings. The Morgan fingerprint density at radius 1 is 1.62 bits per heavy atom. The number of rotatable bonds is 6. The molecule has 0 spiro atoms. The minimum Gasteiger partial charge on any atom is -0.481 e. The van der Waals surface area contributed by atoms with E-state index in [4.69, 9.17) is 9.63 Å². The number of aliphatic carboxylic acids is 1. The second-order valence-corrected chi connectivity index (χ2v) is 4.14. The van der Waals surface area contributed by atoms with Gasteiger partial charge in [-0.25, -0.2) is 0 Å². The fourth-order valence-corrected chi connectivity index (χ4v) is 1.45. The van der Waals surface area contributed by atoms with Crippen molar-refractivity contribution in [3.63, 3.8) is 0 Å². The fraction of sp³-hybridized carbons (Fsp3) is 0.636. The topological polar surface area (TPSA) is 66.6 Å². The maximum atomic E-state index is 10.5. The third-order valence-electron chi connectivity index (χ3n) is 2.38. The Morgan fingerprint density at radius 3 is 2.75 bits per heavy atom. The van der Waals surface area contributed by atoms with Crippen LogP contribution in [0.1, 0.15) is 31.7 Å². The van der Waals surface area contributed by atoms with Crippen LogP contribution in [-0.2, 0) is 11.3 Å². The zero-order chi connectivity index (χ0) is 12.1. The summed E-state index contributed by atoms with van der Waals surface area (Å²) in [6, 6.07) is 2.15. The van der Waals surface area contributed by atoms with Crippen molar-refractivity contribution in [3.8, 4) is 0 Å². The van der Waals surface area contributed by atoms with Gasteiger partial charge in [0.1, 0.15) is 0 Å². The summed E-state index contributed by atoms with van der Waals surface area (Å²) in [5.41, 5.74) is 0.844. The second kappa shape index (κ2) is 5.65. The normalized spacial score (nSPS) is 11.3. The number of hydrogen-bond donors (Lipinski definition) is 1. The largest absolute Gasteiger partial charge is 0.481 e. The molecule has 0 saturated heterocycles. The predicted octanol–water partition coefficient (Wildman–Crippen LogP) is 1.67. The van der Waals surface area contributed by atoms with Crippen molar-refractivity contribution in [1.82, 2.24) is 10.1 Å². The highest BCUT2D eigenvalue weighted by Crippen LogP contribution is 2.10. The number of carbonyl (C=O) groups is 1. The Bertz CT molecular complexity index is 347. The number of carboxylic acid groups (broad SMARTS) is 1. The Labute approximate surface area is 95.0 Å². The molecule has 90 valence electrons. The molecule has 0 aromatic carbocycles. The smallest absolute Gasteiger partial charge is 0.304 e. The van der Waals surface area contributed by atoms with E-state index in [0.717, 1.165) is 11.5 Å². The van der Waals surface area contributed by atoms with Crippen molar-refractivity contribution in [2.75, 3.05) is 6.54 Å². The Morgan fingerprint density at radius 2 is 2.31 bits per heavy atom. The number of aromatic nitrogens is 1. The maximum absolute atomic E-state index is 10.5. The van der Waals surface area contributed by atoms with Gasteiger partial charge in [0.15, 0.2) is 5.76 Å². The van der Waals surface area contributed by atoms with Crippen LogP contribution in [0.15, 0.2) is 10.6 Å². The summed E-state index contributed by atoms with van der Waals surface area (Å²) in [6.45, 7) is 7.05. The molecule has 5 heteroatoms. The van der Waals surface area contributed by atoms with Gasteiger partial charge in [-0.15, -0.1) is 0 Å². The summed E-state index contributed by atoms with van der Waals surface area (Å²) < 4.78 is 5.11. The Hall–Kier alpha value is -1.36. The minimum atomic E-state index is -0.778. The van der Waals surface area contributed by atoms with Gasteiger partial charge >= 0.3 is 5.97 Å². The molecule has 1 aromatic heterocycles. The highest BCUT2D eigenvalue weighted by molar-refractivity contribution is 5.66. The molecule has 0 aliphatic rings. The third-order valence-corrected chi connectivity index (χ3v) is 2.38. The van der Waals surface area contributed by atoms with E-state index in [1.54, 1.807) is 0 Å². The quantitative estimate of drug-likeness (QED) is 0.799. The van der Waals surface area contributed by atoms with E-state index in [0.29, 0.717) is 13.1 Å². The van der Waals surface area contributed by atoms with Crippen molar-refractivity contribution < 1.29 is 14.4 Å². The SMILES string of the molecule is Cc1cc(CN(CCC(=O)O)C(C)C)on1. The molecule has 5 nitrogen and oxygen atoms in total. The van der Waals surface area contributed by atoms with Crippen molar-refractivity contribution in [2.45, 2.75) is 39.8 Å². The average molecular weight is 226 g/mol. The standard InChI is InChI=1S/C11H18N2O3/c1-8(2)13(5-4-11(14)15)7-10-6-9(3)12-16-10/h6,8H,4-5,7H2,1-3H3,(H,14,15). The van der Waals surface area contributed by atoms with Gasteiger partial charge in [0.05, 0.1) is 18.7 Å². The summed E-state index contributed by atoms with van der Waals surface area (Å²) in [7, 11) is 0. The predicted molar refractivity (Wildman–Crippen MR) is 59.0 cm³/mol. The lowest BCUT2D eigenvalue weighted by molar-refractivity contribution is -0.137. The highest BCUT2D eigenvalue weighted by Gasteiger charge is 2.14. The molecule has 0 bridgehead atoms. The van der Waals surface area contributed by atoms with Crippen LogP contribution in [0.25, 0.3) is 0 Å². The molecule has 0 saturated carbocycles. The van der Waals surface area contributed by atoms with E-state index in [-0.39, 0.29) is 12.5 Å². The van der Waals surface area contributed by atoms with Crippen LogP contribution in [-0.4, -0.2) is 33.7 Å². The first-order chi connectivity index (χ1) is 7.49. The molecule has 0 aliphatic heterocycles. The van der Waals surface area contributed by atoms with Crippen LogP contribution in [0.4, 0.5) is 0 Å². The average Bonchev–Trinajstić information content (AvgIpc) is 2.57. The number of aryl methyl sites for hydroxylation is 1. The zero-order valence-corrected chi connectivity index (χ0v) is 9.93. The highest BCUT2D eigenvalue weighted by atomic mass is 16.5. The summed E-state index contributed by atoms with van der Waals surface area (Å²) >= 11 is 0. The lowest BCUT2D eigenvalue weighted by Gasteiger charge is -2.24. The first kappa shape index (κ1) is 12.7. The van der Waals surface area contributed by atoms with Crippen molar-refractivity contribution >= 4 is 5.97 Å². The van der Waals surface area contributed by atoms with Gasteiger partial charge in [-0.3, -0.25) is 9.69 Å². The van der Waals surface area contributed by atoms with Crippen LogP contribution in [0.2, 0.25) is 0 Å². The van der Waals surface area contributed by atoms with E-state index in [1.807, 2.05) is 31.7 Å². The first-order valence-electron chi connectivity index (χ1n) is 5.37. The molecule has 0 aliphatic carbocycles. The molecular formula is C11H18N2O3. The molecule has 0 amide bonds. The second-order valence-electron chi connectivity index (χ2n) is 4.14. The van der Waals surface area contributed by atoms with Gasteiger partial charge in [-0.05, 0) is 20.8 Å². The Balaban J connectivity index is 2.54.